The Labute approximate surface area is 164 Å². The molecule has 3 aromatic heterocycles. The van der Waals surface area contributed by atoms with Crippen LogP contribution in [0.4, 0.5) is 5.69 Å². The Morgan fingerprint density at radius 1 is 1.21 bits per heavy atom. The molecule has 4 rings (SSSR count). The molecule has 0 fully saturated rings. The van der Waals surface area contributed by atoms with E-state index in [9.17, 15) is 9.59 Å². The number of nitrogens with zero attached hydrogens (tertiary/aromatic N) is 3. The van der Waals surface area contributed by atoms with Crippen LogP contribution in [-0.4, -0.2) is 33.1 Å². The molecule has 0 aliphatic carbocycles. The summed E-state index contributed by atoms with van der Waals surface area (Å²) in [5, 5.41) is 9.45. The third kappa shape index (κ3) is 3.49. The van der Waals surface area contributed by atoms with Crippen molar-refractivity contribution in [3.8, 4) is 10.6 Å². The number of benzene rings is 1. The standard InChI is InChI=1S/C20H16N4O3S/c1-2-27-20(26)15-11-21-24-9-8-14(10-17(15)24)22-18(25)16-12-28-19(23-16)13-6-4-3-5-7-13/h3-12H,2H2,1H3,(H,22,25). The lowest BCUT2D eigenvalue weighted by Gasteiger charge is -2.05. The smallest absolute Gasteiger partial charge is 0.341 e. The molecule has 1 N–H and O–H groups in total. The van der Waals surface area contributed by atoms with Gasteiger partial charge >= 0.3 is 5.97 Å². The van der Waals surface area contributed by atoms with E-state index in [1.807, 2.05) is 30.3 Å². The highest BCUT2D eigenvalue weighted by molar-refractivity contribution is 7.13. The molecule has 8 heteroatoms. The number of fused-ring (bicyclic) bond motifs is 1. The number of ether oxygens (including phenoxy) is 1. The van der Waals surface area contributed by atoms with E-state index in [-0.39, 0.29) is 12.5 Å². The Balaban J connectivity index is 1.56. The molecular formula is C20H16N4O3S. The van der Waals surface area contributed by atoms with Crippen LogP contribution in [0.3, 0.4) is 0 Å². The second-order valence-corrected chi connectivity index (χ2v) is 6.74. The molecule has 0 radical (unpaired) electrons. The molecule has 0 aliphatic rings. The van der Waals surface area contributed by atoms with E-state index in [4.69, 9.17) is 4.74 Å². The summed E-state index contributed by atoms with van der Waals surface area (Å²) in [7, 11) is 0. The van der Waals surface area contributed by atoms with Gasteiger partial charge in [-0.3, -0.25) is 4.79 Å². The zero-order chi connectivity index (χ0) is 19.5. The van der Waals surface area contributed by atoms with E-state index in [0.717, 1.165) is 10.6 Å². The van der Waals surface area contributed by atoms with Gasteiger partial charge in [0.1, 0.15) is 16.3 Å². The van der Waals surface area contributed by atoms with Crippen LogP contribution < -0.4 is 5.32 Å². The molecule has 0 atom stereocenters. The number of hydrogen-bond acceptors (Lipinski definition) is 6. The Morgan fingerprint density at radius 3 is 2.82 bits per heavy atom. The predicted octanol–water partition coefficient (Wildman–Crippen LogP) is 3.89. The highest BCUT2D eigenvalue weighted by Crippen LogP contribution is 2.24. The fraction of sp³-hybridized carbons (Fsp3) is 0.100. The molecule has 1 amide bonds. The van der Waals surface area contributed by atoms with E-state index in [1.165, 1.54) is 17.5 Å². The fourth-order valence-electron chi connectivity index (χ4n) is 2.71. The summed E-state index contributed by atoms with van der Waals surface area (Å²) >= 11 is 1.41. The van der Waals surface area contributed by atoms with E-state index in [2.05, 4.69) is 15.4 Å². The Hall–Kier alpha value is -3.52. The molecule has 0 spiro atoms. The molecule has 28 heavy (non-hydrogen) atoms. The Morgan fingerprint density at radius 2 is 2.04 bits per heavy atom. The Bertz CT molecular complexity index is 1150. The quantitative estimate of drug-likeness (QED) is 0.521. The van der Waals surface area contributed by atoms with Crippen molar-refractivity contribution in [1.29, 1.82) is 0 Å². The van der Waals surface area contributed by atoms with Gasteiger partial charge in [0.25, 0.3) is 5.91 Å². The minimum atomic E-state index is -0.451. The molecule has 140 valence electrons. The van der Waals surface area contributed by atoms with Gasteiger partial charge in [0.05, 0.1) is 18.3 Å². The van der Waals surface area contributed by atoms with Crippen LogP contribution in [0.15, 0.2) is 60.2 Å². The van der Waals surface area contributed by atoms with E-state index < -0.39 is 5.97 Å². The number of hydrogen-bond donors (Lipinski definition) is 1. The van der Waals surface area contributed by atoms with Crippen LogP contribution in [0.2, 0.25) is 0 Å². The number of thiazole rings is 1. The molecule has 3 heterocycles. The van der Waals surface area contributed by atoms with Gasteiger partial charge in [0.2, 0.25) is 0 Å². The number of pyridine rings is 1. The topological polar surface area (TPSA) is 85.6 Å². The average Bonchev–Trinajstić information content (AvgIpc) is 3.36. The van der Waals surface area contributed by atoms with Gasteiger partial charge in [-0.2, -0.15) is 5.10 Å². The van der Waals surface area contributed by atoms with Crippen molar-refractivity contribution in [3.63, 3.8) is 0 Å². The first-order valence-electron chi connectivity index (χ1n) is 8.62. The predicted molar refractivity (Wildman–Crippen MR) is 107 cm³/mol. The zero-order valence-electron chi connectivity index (χ0n) is 15.0. The summed E-state index contributed by atoms with van der Waals surface area (Å²) in [6.45, 7) is 2.02. The average molecular weight is 392 g/mol. The zero-order valence-corrected chi connectivity index (χ0v) is 15.8. The summed E-state index contributed by atoms with van der Waals surface area (Å²) in [5.41, 5.74) is 2.74. The minimum absolute atomic E-state index is 0.278. The van der Waals surface area contributed by atoms with Crippen molar-refractivity contribution in [2.24, 2.45) is 0 Å². The highest BCUT2D eigenvalue weighted by atomic mass is 32.1. The third-order valence-corrected chi connectivity index (χ3v) is 4.92. The third-order valence-electron chi connectivity index (χ3n) is 4.03. The fourth-order valence-corrected chi connectivity index (χ4v) is 3.52. The summed E-state index contributed by atoms with van der Waals surface area (Å²) in [6, 6.07) is 13.1. The number of esters is 1. The molecule has 0 bridgehead atoms. The van der Waals surface area contributed by atoms with Gasteiger partial charge in [0, 0.05) is 22.8 Å². The number of anilines is 1. The van der Waals surface area contributed by atoms with Crippen molar-refractivity contribution in [2.75, 3.05) is 11.9 Å². The highest BCUT2D eigenvalue weighted by Gasteiger charge is 2.16. The molecule has 4 aromatic rings. The largest absolute Gasteiger partial charge is 0.462 e. The van der Waals surface area contributed by atoms with Gasteiger partial charge in [0.15, 0.2) is 0 Å². The second-order valence-electron chi connectivity index (χ2n) is 5.88. The first-order chi connectivity index (χ1) is 13.7. The van der Waals surface area contributed by atoms with Crippen molar-refractivity contribution < 1.29 is 14.3 Å². The monoisotopic (exact) mass is 392 g/mol. The molecule has 7 nitrogen and oxygen atoms in total. The van der Waals surface area contributed by atoms with Crippen molar-refractivity contribution in [1.82, 2.24) is 14.6 Å². The van der Waals surface area contributed by atoms with Gasteiger partial charge in [-0.15, -0.1) is 11.3 Å². The van der Waals surface area contributed by atoms with Gasteiger partial charge < -0.3 is 10.1 Å². The molecular weight excluding hydrogens is 376 g/mol. The lowest BCUT2D eigenvalue weighted by Crippen LogP contribution is -2.12. The van der Waals surface area contributed by atoms with Crippen molar-refractivity contribution in [2.45, 2.75) is 6.92 Å². The van der Waals surface area contributed by atoms with E-state index in [1.54, 1.807) is 35.1 Å². The van der Waals surface area contributed by atoms with Gasteiger partial charge in [-0.1, -0.05) is 30.3 Å². The van der Waals surface area contributed by atoms with Crippen LogP contribution in [0.1, 0.15) is 27.8 Å². The molecule has 0 aliphatic heterocycles. The maximum absolute atomic E-state index is 12.6. The number of nitrogens with one attached hydrogen (secondary N) is 1. The summed E-state index contributed by atoms with van der Waals surface area (Å²) in [4.78, 5) is 29.0. The lowest BCUT2D eigenvalue weighted by atomic mass is 10.2. The van der Waals surface area contributed by atoms with Crippen LogP contribution in [-0.2, 0) is 4.74 Å². The summed E-state index contributed by atoms with van der Waals surface area (Å²) < 4.78 is 6.60. The van der Waals surface area contributed by atoms with Crippen LogP contribution in [0.25, 0.3) is 16.1 Å². The number of aromatic nitrogens is 3. The number of amides is 1. The van der Waals surface area contributed by atoms with Crippen molar-refractivity contribution >= 4 is 34.4 Å². The van der Waals surface area contributed by atoms with Crippen LogP contribution in [0, 0.1) is 0 Å². The van der Waals surface area contributed by atoms with Crippen LogP contribution in [0.5, 0.6) is 0 Å². The van der Waals surface area contributed by atoms with Crippen LogP contribution >= 0.6 is 11.3 Å². The van der Waals surface area contributed by atoms with Gasteiger partial charge in [-0.05, 0) is 19.1 Å². The van der Waals surface area contributed by atoms with E-state index >= 15 is 0 Å². The van der Waals surface area contributed by atoms with Gasteiger partial charge in [-0.25, -0.2) is 14.3 Å². The molecule has 0 unspecified atom stereocenters. The lowest BCUT2D eigenvalue weighted by molar-refractivity contribution is 0.0528. The first kappa shape index (κ1) is 17.9. The maximum atomic E-state index is 12.6. The first-order valence-corrected chi connectivity index (χ1v) is 9.50. The Kier molecular flexibility index (Phi) is 4.86. The normalized spacial score (nSPS) is 10.8. The molecule has 1 aromatic carbocycles. The number of carbonyl (C=O) groups excluding carboxylic acids is 2. The SMILES string of the molecule is CCOC(=O)c1cnn2ccc(NC(=O)c3csc(-c4ccccc4)n3)cc12. The summed E-state index contributed by atoms with van der Waals surface area (Å²) in [5.74, 6) is -0.770. The van der Waals surface area contributed by atoms with E-state index in [0.29, 0.717) is 22.5 Å². The maximum Gasteiger partial charge on any atom is 0.341 e. The number of carbonyl (C=O) groups is 2. The molecule has 0 saturated heterocycles. The second kappa shape index (κ2) is 7.61. The number of rotatable bonds is 5. The minimum Gasteiger partial charge on any atom is -0.462 e. The molecule has 0 saturated carbocycles. The summed E-state index contributed by atoms with van der Waals surface area (Å²) in [6.07, 6.45) is 3.12. The van der Waals surface area contributed by atoms with Crippen molar-refractivity contribution in [3.05, 3.63) is 71.5 Å².